The molecule has 0 unspecified atom stereocenters. The molecule has 0 saturated carbocycles. The topological polar surface area (TPSA) is 89.9 Å². The number of benzene rings is 1. The van der Waals surface area contributed by atoms with Crippen LogP contribution in [0.3, 0.4) is 0 Å². The summed E-state index contributed by atoms with van der Waals surface area (Å²) in [5, 5.41) is 10.2. The van der Waals surface area contributed by atoms with E-state index in [0.717, 1.165) is 19.8 Å². The lowest BCUT2D eigenvalue weighted by Gasteiger charge is -2.23. The summed E-state index contributed by atoms with van der Waals surface area (Å²) in [5.74, 6) is -1.96. The van der Waals surface area contributed by atoms with Crippen molar-refractivity contribution in [1.82, 2.24) is 0 Å². The predicted molar refractivity (Wildman–Crippen MR) is 97.8 cm³/mol. The van der Waals surface area contributed by atoms with E-state index < -0.39 is 27.1 Å². The molecule has 1 aromatic carbocycles. The van der Waals surface area contributed by atoms with Crippen molar-refractivity contribution in [2.45, 2.75) is 35.9 Å². The molecule has 1 atom stereocenters. The highest BCUT2D eigenvalue weighted by Crippen LogP contribution is 2.34. The van der Waals surface area contributed by atoms with Crippen LogP contribution in [-0.2, 0) is 29.9 Å². The summed E-state index contributed by atoms with van der Waals surface area (Å²) in [6, 6.07) is 6.91. The van der Waals surface area contributed by atoms with E-state index in [1.165, 1.54) is 0 Å². The van der Waals surface area contributed by atoms with Gasteiger partial charge in [0.15, 0.2) is 0 Å². The van der Waals surface area contributed by atoms with Crippen molar-refractivity contribution < 1.29 is 28.4 Å². The minimum atomic E-state index is -1.89. The third kappa shape index (κ3) is 4.92. The van der Waals surface area contributed by atoms with Crippen LogP contribution >= 0.6 is 15.9 Å². The van der Waals surface area contributed by atoms with Gasteiger partial charge in [-0.05, 0) is 19.1 Å². The molecule has 138 valence electrons. The molecule has 25 heavy (non-hydrogen) atoms. The number of alkyl halides is 1. The largest absolute Gasteiger partial charge is 0.511 e. The molecule has 0 spiro atoms. The Morgan fingerprint density at radius 2 is 1.64 bits per heavy atom. The van der Waals surface area contributed by atoms with Gasteiger partial charge in [-0.15, -0.1) is 0 Å². The van der Waals surface area contributed by atoms with E-state index in [1.807, 2.05) is 6.92 Å². The van der Waals surface area contributed by atoms with Gasteiger partial charge in [-0.1, -0.05) is 40.5 Å². The number of aryl methyl sites for hydroxylation is 1. The lowest BCUT2D eigenvalue weighted by atomic mass is 10.0. The summed E-state index contributed by atoms with van der Waals surface area (Å²) in [6.07, 6.45) is -0.162. The second-order valence-electron chi connectivity index (χ2n) is 5.27. The SMILES string of the molecule is CC/C(O)=C(\CC(Br)(C(=O)OC)C(=O)OC)[S@@](=O)c1ccc(C)cc1. The standard InChI is InChI=1S/C17H21BrO6S/c1-5-13(19)14(25(22)12-8-6-11(2)7-9-12)10-17(18,15(20)23-3)16(21)24-4/h6-9,19H,5,10H2,1-4H3/b14-13-/t25-/m0/s1. The molecule has 0 radical (unpaired) electrons. The third-order valence-corrected chi connectivity index (χ3v) is 5.99. The number of methoxy groups -OCH3 is 2. The molecule has 0 bridgehead atoms. The molecule has 1 N–H and O–H groups in total. The zero-order valence-electron chi connectivity index (χ0n) is 14.5. The van der Waals surface area contributed by atoms with Gasteiger partial charge in [0.25, 0.3) is 0 Å². The van der Waals surface area contributed by atoms with Gasteiger partial charge < -0.3 is 14.6 Å². The van der Waals surface area contributed by atoms with E-state index in [1.54, 1.807) is 31.2 Å². The van der Waals surface area contributed by atoms with Crippen molar-refractivity contribution in [3.63, 3.8) is 0 Å². The van der Waals surface area contributed by atoms with Crippen molar-refractivity contribution >= 4 is 38.7 Å². The smallest absolute Gasteiger partial charge is 0.334 e. The number of esters is 2. The summed E-state index contributed by atoms with van der Waals surface area (Å²) in [4.78, 5) is 24.7. The summed E-state index contributed by atoms with van der Waals surface area (Å²) < 4.78 is 20.4. The van der Waals surface area contributed by atoms with Crippen LogP contribution in [0.15, 0.2) is 39.8 Å². The quantitative estimate of drug-likeness (QED) is 0.308. The van der Waals surface area contributed by atoms with E-state index in [0.29, 0.717) is 4.90 Å². The molecular weight excluding hydrogens is 412 g/mol. The Morgan fingerprint density at radius 1 is 1.16 bits per heavy atom. The van der Waals surface area contributed by atoms with Crippen LogP contribution in [0.1, 0.15) is 25.3 Å². The highest BCUT2D eigenvalue weighted by Gasteiger charge is 2.48. The number of hydrogen-bond donors (Lipinski definition) is 1. The first kappa shape index (κ1) is 21.4. The van der Waals surface area contributed by atoms with E-state index in [-0.39, 0.29) is 23.5 Å². The molecule has 0 amide bonds. The molecule has 0 heterocycles. The summed E-state index contributed by atoms with van der Waals surface area (Å²) in [7, 11) is 0.494. The fraction of sp³-hybridized carbons (Fsp3) is 0.412. The number of carbonyl (C=O) groups excluding carboxylic acids is 2. The van der Waals surface area contributed by atoms with Gasteiger partial charge in [0.05, 0.1) is 29.9 Å². The molecule has 1 aromatic rings. The van der Waals surface area contributed by atoms with E-state index in [2.05, 4.69) is 25.4 Å². The normalized spacial score (nSPS) is 13.6. The van der Waals surface area contributed by atoms with Crippen LogP contribution in [-0.4, -0.2) is 39.8 Å². The van der Waals surface area contributed by atoms with Gasteiger partial charge in [0.1, 0.15) is 5.76 Å². The van der Waals surface area contributed by atoms with Crippen LogP contribution in [0.5, 0.6) is 0 Å². The van der Waals surface area contributed by atoms with Crippen LogP contribution in [0.2, 0.25) is 0 Å². The van der Waals surface area contributed by atoms with Crippen LogP contribution in [0, 0.1) is 6.92 Å². The van der Waals surface area contributed by atoms with Gasteiger partial charge in [-0.3, -0.25) is 0 Å². The fourth-order valence-electron chi connectivity index (χ4n) is 2.05. The molecule has 0 aromatic heterocycles. The number of carbonyl (C=O) groups is 2. The number of ether oxygens (including phenoxy) is 2. The van der Waals surface area contributed by atoms with Crippen molar-refractivity contribution in [1.29, 1.82) is 0 Å². The van der Waals surface area contributed by atoms with Gasteiger partial charge in [-0.2, -0.15) is 0 Å². The van der Waals surface area contributed by atoms with Gasteiger partial charge >= 0.3 is 11.9 Å². The minimum absolute atomic E-state index is 0.0547. The summed E-state index contributed by atoms with van der Waals surface area (Å²) in [6.45, 7) is 3.57. The average Bonchev–Trinajstić information content (AvgIpc) is 2.63. The first-order valence-electron chi connectivity index (χ1n) is 7.46. The zero-order valence-corrected chi connectivity index (χ0v) is 16.9. The fourth-order valence-corrected chi connectivity index (χ4v) is 4.21. The Morgan fingerprint density at radius 3 is 2.04 bits per heavy atom. The Bertz CT molecular complexity index is 680. The number of hydrogen-bond acceptors (Lipinski definition) is 6. The Balaban J connectivity index is 3.36. The van der Waals surface area contributed by atoms with Crippen molar-refractivity contribution in [2.75, 3.05) is 14.2 Å². The number of halogens is 1. The Labute approximate surface area is 157 Å². The second kappa shape index (κ2) is 9.15. The lowest BCUT2D eigenvalue weighted by molar-refractivity contribution is -0.155. The first-order chi connectivity index (χ1) is 11.7. The van der Waals surface area contributed by atoms with Crippen LogP contribution in [0.4, 0.5) is 0 Å². The molecule has 1 rings (SSSR count). The molecule has 0 aliphatic rings. The van der Waals surface area contributed by atoms with Crippen LogP contribution < -0.4 is 0 Å². The molecule has 8 heteroatoms. The molecule has 6 nitrogen and oxygen atoms in total. The molecule has 0 aliphatic carbocycles. The van der Waals surface area contributed by atoms with Gasteiger partial charge in [0, 0.05) is 17.7 Å². The maximum atomic E-state index is 12.9. The highest BCUT2D eigenvalue weighted by atomic mass is 79.9. The summed E-state index contributed by atoms with van der Waals surface area (Å²) in [5.41, 5.74) is 0.991. The number of rotatable bonds is 7. The summed E-state index contributed by atoms with van der Waals surface area (Å²) >= 11 is 3.06. The lowest BCUT2D eigenvalue weighted by Crippen LogP contribution is -2.43. The highest BCUT2D eigenvalue weighted by molar-refractivity contribution is 9.10. The van der Waals surface area contributed by atoms with Crippen molar-refractivity contribution in [2.24, 2.45) is 0 Å². The van der Waals surface area contributed by atoms with E-state index >= 15 is 0 Å². The molecule has 0 aliphatic heterocycles. The number of aliphatic hydroxyl groups excluding tert-OH is 1. The maximum absolute atomic E-state index is 12.9. The monoisotopic (exact) mass is 432 g/mol. The van der Waals surface area contributed by atoms with E-state index in [4.69, 9.17) is 0 Å². The molecule has 0 saturated heterocycles. The third-order valence-electron chi connectivity index (χ3n) is 3.54. The van der Waals surface area contributed by atoms with Gasteiger partial charge in [0.2, 0.25) is 4.32 Å². The minimum Gasteiger partial charge on any atom is -0.511 e. The maximum Gasteiger partial charge on any atom is 0.334 e. The van der Waals surface area contributed by atoms with Gasteiger partial charge in [-0.25, -0.2) is 13.8 Å². The average molecular weight is 433 g/mol. The second-order valence-corrected chi connectivity index (χ2v) is 8.12. The first-order valence-corrected chi connectivity index (χ1v) is 9.40. The molecule has 0 fully saturated rings. The number of aliphatic hydroxyl groups is 1. The zero-order chi connectivity index (χ0) is 19.2. The van der Waals surface area contributed by atoms with Crippen LogP contribution in [0.25, 0.3) is 0 Å². The Hall–Kier alpha value is -1.67. The van der Waals surface area contributed by atoms with Crippen molar-refractivity contribution in [3.05, 3.63) is 40.5 Å². The van der Waals surface area contributed by atoms with Crippen molar-refractivity contribution in [3.8, 4) is 0 Å². The number of allylic oxidation sites excluding steroid dienone is 2. The molecular formula is C17H21BrO6S. The Kier molecular flexibility index (Phi) is 7.82. The van der Waals surface area contributed by atoms with E-state index in [9.17, 15) is 18.9 Å². The predicted octanol–water partition coefficient (Wildman–Crippen LogP) is 3.15.